The van der Waals surface area contributed by atoms with Gasteiger partial charge in [0.2, 0.25) is 0 Å². The molecule has 0 aromatic carbocycles. The monoisotopic (exact) mass is 280 g/mol. The molecule has 1 aromatic heterocycles. The number of hydrogen-bond donors (Lipinski definition) is 1. The van der Waals surface area contributed by atoms with Gasteiger partial charge in [0.05, 0.1) is 6.61 Å². The second-order valence-corrected chi connectivity index (χ2v) is 5.04. The average molecular weight is 280 g/mol. The molecule has 0 spiro atoms. The summed E-state index contributed by atoms with van der Waals surface area (Å²) in [7, 11) is 1.73. The number of nitrogens with zero attached hydrogens (tertiary/aromatic N) is 3. The van der Waals surface area contributed by atoms with E-state index in [9.17, 15) is 0 Å². The number of aryl methyl sites for hydroxylation is 1. The molecule has 1 aromatic rings. The Bertz CT molecular complexity index is 423. The number of hydrogen-bond acceptors (Lipinski definition) is 5. The van der Waals surface area contributed by atoms with Crippen molar-refractivity contribution in [1.82, 2.24) is 9.97 Å². The van der Waals surface area contributed by atoms with E-state index in [4.69, 9.17) is 4.74 Å². The highest BCUT2D eigenvalue weighted by Gasteiger charge is 2.19. The Hall–Kier alpha value is -1.36. The Balaban J connectivity index is 3.17. The van der Waals surface area contributed by atoms with Crippen LogP contribution in [-0.4, -0.2) is 42.8 Å². The van der Waals surface area contributed by atoms with Gasteiger partial charge in [-0.15, -0.1) is 0 Å². The van der Waals surface area contributed by atoms with E-state index in [2.05, 4.69) is 47.9 Å². The predicted molar refractivity (Wildman–Crippen MR) is 84.6 cm³/mol. The Morgan fingerprint density at radius 2 is 1.95 bits per heavy atom. The molecular formula is C15H28N4O. The van der Waals surface area contributed by atoms with Crippen molar-refractivity contribution in [1.29, 1.82) is 0 Å². The molecule has 1 heterocycles. The molecule has 114 valence electrons. The second-order valence-electron chi connectivity index (χ2n) is 5.04. The van der Waals surface area contributed by atoms with Gasteiger partial charge in [0, 0.05) is 31.8 Å². The van der Waals surface area contributed by atoms with Gasteiger partial charge in [0.15, 0.2) is 0 Å². The lowest BCUT2D eigenvalue weighted by atomic mass is 10.2. The van der Waals surface area contributed by atoms with Crippen LogP contribution in [0.2, 0.25) is 0 Å². The number of aromatic nitrogens is 2. The first-order valence-corrected chi connectivity index (χ1v) is 7.39. The molecule has 0 amide bonds. The summed E-state index contributed by atoms with van der Waals surface area (Å²) in [6, 6.07) is 0.424. The minimum Gasteiger partial charge on any atom is -0.383 e. The molecule has 0 saturated heterocycles. The zero-order valence-corrected chi connectivity index (χ0v) is 13.7. The molecule has 20 heavy (non-hydrogen) atoms. The predicted octanol–water partition coefficient (Wildman–Crippen LogP) is 2.78. The van der Waals surface area contributed by atoms with Crippen molar-refractivity contribution >= 4 is 11.6 Å². The quantitative estimate of drug-likeness (QED) is 0.793. The number of rotatable bonds is 8. The molecule has 5 heteroatoms. The third-order valence-electron chi connectivity index (χ3n) is 3.51. The van der Waals surface area contributed by atoms with E-state index in [1.165, 1.54) is 0 Å². The van der Waals surface area contributed by atoms with E-state index < -0.39 is 0 Å². The third kappa shape index (κ3) is 4.07. The first-order chi connectivity index (χ1) is 9.54. The SMILES string of the molecule is CCNc1nc(C)nc(N(CCOC)C(C)CC)c1C. The molecule has 1 rings (SSSR count). The van der Waals surface area contributed by atoms with Crippen LogP contribution in [0.25, 0.3) is 0 Å². The number of anilines is 2. The summed E-state index contributed by atoms with van der Waals surface area (Å²) in [6.07, 6.45) is 1.07. The molecule has 0 saturated carbocycles. The molecule has 5 nitrogen and oxygen atoms in total. The fourth-order valence-corrected chi connectivity index (χ4v) is 2.18. The summed E-state index contributed by atoms with van der Waals surface area (Å²) >= 11 is 0. The molecule has 0 fully saturated rings. The van der Waals surface area contributed by atoms with Crippen LogP contribution < -0.4 is 10.2 Å². The maximum Gasteiger partial charge on any atom is 0.137 e. The molecule has 0 aliphatic heterocycles. The van der Waals surface area contributed by atoms with Gasteiger partial charge in [0.1, 0.15) is 17.5 Å². The van der Waals surface area contributed by atoms with Crippen molar-refractivity contribution in [2.45, 2.75) is 47.1 Å². The lowest BCUT2D eigenvalue weighted by molar-refractivity contribution is 0.203. The molecule has 1 N–H and O–H groups in total. The Morgan fingerprint density at radius 3 is 2.50 bits per heavy atom. The molecule has 1 atom stereocenters. The molecular weight excluding hydrogens is 252 g/mol. The zero-order valence-electron chi connectivity index (χ0n) is 13.7. The van der Waals surface area contributed by atoms with Gasteiger partial charge >= 0.3 is 0 Å². The van der Waals surface area contributed by atoms with Crippen LogP contribution in [0.3, 0.4) is 0 Å². The first-order valence-electron chi connectivity index (χ1n) is 7.39. The highest BCUT2D eigenvalue weighted by Crippen LogP contribution is 2.25. The largest absolute Gasteiger partial charge is 0.383 e. The summed E-state index contributed by atoms with van der Waals surface area (Å²) in [5.74, 6) is 2.74. The van der Waals surface area contributed by atoms with Crippen LogP contribution in [0.5, 0.6) is 0 Å². The van der Waals surface area contributed by atoms with Crippen molar-refractivity contribution in [3.05, 3.63) is 11.4 Å². The van der Waals surface area contributed by atoms with Crippen molar-refractivity contribution in [2.75, 3.05) is 37.0 Å². The molecule has 0 bridgehead atoms. The average Bonchev–Trinajstić information content (AvgIpc) is 2.43. The van der Waals surface area contributed by atoms with E-state index in [0.717, 1.165) is 42.5 Å². The second kappa shape index (κ2) is 8.04. The summed E-state index contributed by atoms with van der Waals surface area (Å²) in [4.78, 5) is 11.5. The number of ether oxygens (including phenoxy) is 1. The number of nitrogens with one attached hydrogen (secondary N) is 1. The highest BCUT2D eigenvalue weighted by molar-refractivity contribution is 5.59. The highest BCUT2D eigenvalue weighted by atomic mass is 16.5. The van der Waals surface area contributed by atoms with Crippen molar-refractivity contribution < 1.29 is 4.74 Å². The Labute approximate surface area is 122 Å². The lowest BCUT2D eigenvalue weighted by Crippen LogP contribution is -2.37. The van der Waals surface area contributed by atoms with E-state index in [-0.39, 0.29) is 0 Å². The summed E-state index contributed by atoms with van der Waals surface area (Å²) in [5, 5.41) is 3.32. The van der Waals surface area contributed by atoms with Gasteiger partial charge in [-0.1, -0.05) is 6.92 Å². The van der Waals surface area contributed by atoms with E-state index >= 15 is 0 Å². The molecule has 1 unspecified atom stereocenters. The zero-order chi connectivity index (χ0) is 15.1. The lowest BCUT2D eigenvalue weighted by Gasteiger charge is -2.31. The maximum atomic E-state index is 5.24. The molecule has 0 radical (unpaired) electrons. The van der Waals surface area contributed by atoms with Gasteiger partial charge in [-0.05, 0) is 34.1 Å². The maximum absolute atomic E-state index is 5.24. The van der Waals surface area contributed by atoms with Crippen LogP contribution in [0.4, 0.5) is 11.6 Å². The van der Waals surface area contributed by atoms with E-state index in [1.54, 1.807) is 7.11 Å². The van der Waals surface area contributed by atoms with Crippen LogP contribution in [0, 0.1) is 13.8 Å². The summed E-state index contributed by atoms with van der Waals surface area (Å²) in [5.41, 5.74) is 1.11. The minimum absolute atomic E-state index is 0.424. The molecule has 0 aliphatic carbocycles. The Morgan fingerprint density at radius 1 is 1.25 bits per heavy atom. The van der Waals surface area contributed by atoms with Gasteiger partial charge in [-0.25, -0.2) is 9.97 Å². The van der Waals surface area contributed by atoms with Gasteiger partial charge in [-0.3, -0.25) is 0 Å². The minimum atomic E-state index is 0.424. The van der Waals surface area contributed by atoms with Crippen LogP contribution in [-0.2, 0) is 4.74 Å². The Kier molecular flexibility index (Phi) is 6.71. The van der Waals surface area contributed by atoms with Crippen LogP contribution in [0.15, 0.2) is 0 Å². The van der Waals surface area contributed by atoms with Gasteiger partial charge < -0.3 is 15.0 Å². The summed E-state index contributed by atoms with van der Waals surface area (Å²) in [6.45, 7) is 12.9. The van der Waals surface area contributed by atoms with Crippen LogP contribution >= 0.6 is 0 Å². The smallest absolute Gasteiger partial charge is 0.137 e. The summed E-state index contributed by atoms with van der Waals surface area (Å²) < 4.78 is 5.24. The van der Waals surface area contributed by atoms with E-state index in [0.29, 0.717) is 12.6 Å². The van der Waals surface area contributed by atoms with Crippen LogP contribution in [0.1, 0.15) is 38.6 Å². The third-order valence-corrected chi connectivity index (χ3v) is 3.51. The van der Waals surface area contributed by atoms with E-state index in [1.807, 2.05) is 6.92 Å². The van der Waals surface area contributed by atoms with Crippen molar-refractivity contribution in [3.8, 4) is 0 Å². The number of methoxy groups -OCH3 is 1. The topological polar surface area (TPSA) is 50.3 Å². The normalized spacial score (nSPS) is 12.3. The first kappa shape index (κ1) is 16.7. The van der Waals surface area contributed by atoms with Gasteiger partial charge in [-0.2, -0.15) is 0 Å². The molecule has 0 aliphatic rings. The van der Waals surface area contributed by atoms with Crippen molar-refractivity contribution in [2.24, 2.45) is 0 Å². The fourth-order valence-electron chi connectivity index (χ4n) is 2.18. The van der Waals surface area contributed by atoms with Gasteiger partial charge in [0.25, 0.3) is 0 Å². The standard InChI is InChI=1S/C15H28N4O/c1-7-11(3)19(9-10-20-6)15-12(4)14(16-8-2)17-13(5)18-15/h11H,7-10H2,1-6H3,(H,16,17,18). The van der Waals surface area contributed by atoms with Crippen molar-refractivity contribution in [3.63, 3.8) is 0 Å². The fraction of sp³-hybridized carbons (Fsp3) is 0.733.